The summed E-state index contributed by atoms with van der Waals surface area (Å²) in [5.74, 6) is -0.0827. The summed E-state index contributed by atoms with van der Waals surface area (Å²) in [6.45, 7) is 7.63. The fraction of sp³-hybridized carbons (Fsp3) is 0.667. The van der Waals surface area contributed by atoms with Crippen molar-refractivity contribution in [3.05, 3.63) is 12.3 Å². The van der Waals surface area contributed by atoms with Crippen LogP contribution < -0.4 is 5.32 Å². The number of aryl methyl sites for hydroxylation is 1. The first kappa shape index (κ1) is 17.2. The van der Waals surface area contributed by atoms with Crippen LogP contribution in [-0.4, -0.2) is 51.0 Å². The van der Waals surface area contributed by atoms with Gasteiger partial charge < -0.3 is 10.1 Å². The first-order valence-corrected chi connectivity index (χ1v) is 7.67. The number of carbonyl (C=O) groups is 2. The van der Waals surface area contributed by atoms with Gasteiger partial charge in [0.05, 0.1) is 6.54 Å². The number of aromatic nitrogens is 2. The molecule has 1 aliphatic heterocycles. The van der Waals surface area contributed by atoms with E-state index in [1.165, 1.54) is 0 Å². The summed E-state index contributed by atoms with van der Waals surface area (Å²) in [5.41, 5.74) is -0.702. The zero-order chi connectivity index (χ0) is 17.2. The van der Waals surface area contributed by atoms with Crippen molar-refractivity contribution in [3.8, 4) is 0 Å². The third kappa shape index (κ3) is 4.43. The maximum absolute atomic E-state index is 13.7. The van der Waals surface area contributed by atoms with Gasteiger partial charge in [-0.05, 0) is 27.7 Å². The van der Waals surface area contributed by atoms with Gasteiger partial charge in [-0.2, -0.15) is 5.10 Å². The highest BCUT2D eigenvalue weighted by Crippen LogP contribution is 2.24. The van der Waals surface area contributed by atoms with Crippen LogP contribution in [0.2, 0.25) is 0 Å². The van der Waals surface area contributed by atoms with E-state index in [4.69, 9.17) is 4.74 Å². The first-order chi connectivity index (χ1) is 10.7. The molecule has 1 aromatic heterocycles. The molecule has 128 valence electrons. The van der Waals surface area contributed by atoms with Gasteiger partial charge in [0.25, 0.3) is 0 Å². The van der Waals surface area contributed by atoms with Crippen molar-refractivity contribution in [1.29, 1.82) is 0 Å². The smallest absolute Gasteiger partial charge is 0.411 e. The molecule has 8 heteroatoms. The first-order valence-electron chi connectivity index (χ1n) is 7.67. The average Bonchev–Trinajstić information content (AvgIpc) is 3.03. The fourth-order valence-corrected chi connectivity index (χ4v) is 2.37. The van der Waals surface area contributed by atoms with Crippen molar-refractivity contribution in [1.82, 2.24) is 14.7 Å². The van der Waals surface area contributed by atoms with E-state index < -0.39 is 29.8 Å². The van der Waals surface area contributed by atoms with Crippen molar-refractivity contribution >= 4 is 17.8 Å². The lowest BCUT2D eigenvalue weighted by molar-refractivity contribution is -0.120. The lowest BCUT2D eigenvalue weighted by Crippen LogP contribution is -2.45. The average molecular weight is 326 g/mol. The van der Waals surface area contributed by atoms with Crippen molar-refractivity contribution in [2.75, 3.05) is 11.9 Å². The second-order valence-corrected chi connectivity index (χ2v) is 6.53. The van der Waals surface area contributed by atoms with Gasteiger partial charge in [0.1, 0.15) is 17.8 Å². The molecule has 0 aliphatic carbocycles. The molecule has 1 aliphatic rings. The molecule has 0 spiro atoms. The number of hydrogen-bond acceptors (Lipinski definition) is 4. The van der Waals surface area contributed by atoms with E-state index in [2.05, 4.69) is 10.4 Å². The molecule has 1 fully saturated rings. The number of alkyl halides is 1. The monoisotopic (exact) mass is 326 g/mol. The standard InChI is InChI=1S/C15H23FN4O3/c1-5-19-7-6-12(18-19)17-13(21)11-8-10(16)9-20(11)14(22)23-15(2,3)4/h6-7,10-11H,5,8-9H2,1-4H3,(H,17,18,21)/t10-,11+/m1/s1. The maximum atomic E-state index is 13.7. The Morgan fingerprint density at radius 2 is 2.17 bits per heavy atom. The molecule has 0 bridgehead atoms. The summed E-state index contributed by atoms with van der Waals surface area (Å²) < 4.78 is 20.6. The molecule has 1 N–H and O–H groups in total. The van der Waals surface area contributed by atoms with Gasteiger partial charge in [0.15, 0.2) is 5.82 Å². The second-order valence-electron chi connectivity index (χ2n) is 6.53. The molecular formula is C15H23FN4O3. The molecular weight excluding hydrogens is 303 g/mol. The van der Waals surface area contributed by atoms with E-state index in [1.54, 1.807) is 37.7 Å². The number of carbonyl (C=O) groups excluding carboxylic acids is 2. The van der Waals surface area contributed by atoms with Crippen molar-refractivity contribution in [3.63, 3.8) is 0 Å². The number of rotatable bonds is 3. The minimum absolute atomic E-state index is 0.0421. The third-order valence-corrected chi connectivity index (χ3v) is 3.40. The molecule has 23 heavy (non-hydrogen) atoms. The van der Waals surface area contributed by atoms with Crippen LogP contribution in [0.1, 0.15) is 34.1 Å². The number of halogens is 1. The summed E-state index contributed by atoms with van der Waals surface area (Å²) in [4.78, 5) is 25.7. The number of nitrogens with one attached hydrogen (secondary N) is 1. The Bertz CT molecular complexity index is 582. The van der Waals surface area contributed by atoms with Crippen LogP contribution >= 0.6 is 0 Å². The van der Waals surface area contributed by atoms with Crippen molar-refractivity contribution < 1.29 is 18.7 Å². The Morgan fingerprint density at radius 1 is 1.48 bits per heavy atom. The fourth-order valence-electron chi connectivity index (χ4n) is 2.37. The Kier molecular flexibility index (Phi) is 4.91. The summed E-state index contributed by atoms with van der Waals surface area (Å²) in [5, 5.41) is 6.76. The van der Waals surface area contributed by atoms with Gasteiger partial charge >= 0.3 is 6.09 Å². The zero-order valence-corrected chi connectivity index (χ0v) is 13.9. The van der Waals surface area contributed by atoms with E-state index in [1.807, 2.05) is 6.92 Å². The van der Waals surface area contributed by atoms with Gasteiger partial charge in [0.2, 0.25) is 5.91 Å². The van der Waals surface area contributed by atoms with Gasteiger partial charge in [-0.3, -0.25) is 14.4 Å². The molecule has 0 aromatic carbocycles. The molecule has 2 heterocycles. The molecule has 0 radical (unpaired) electrons. The minimum atomic E-state index is -1.24. The van der Waals surface area contributed by atoms with E-state index in [0.29, 0.717) is 12.4 Å². The lowest BCUT2D eigenvalue weighted by atomic mass is 10.2. The molecule has 2 rings (SSSR count). The molecule has 7 nitrogen and oxygen atoms in total. The van der Waals surface area contributed by atoms with Crippen molar-refractivity contribution in [2.24, 2.45) is 0 Å². The van der Waals surface area contributed by atoms with Crippen LogP contribution in [0.4, 0.5) is 15.0 Å². The van der Waals surface area contributed by atoms with Crippen LogP contribution in [0, 0.1) is 0 Å². The number of ether oxygens (including phenoxy) is 1. The largest absolute Gasteiger partial charge is 0.444 e. The lowest BCUT2D eigenvalue weighted by Gasteiger charge is -2.27. The van der Waals surface area contributed by atoms with Gasteiger partial charge in [-0.1, -0.05) is 0 Å². The number of hydrogen-bond donors (Lipinski definition) is 1. The molecule has 2 amide bonds. The predicted molar refractivity (Wildman–Crippen MR) is 82.8 cm³/mol. The molecule has 1 saturated heterocycles. The highest BCUT2D eigenvalue weighted by Gasteiger charge is 2.41. The van der Waals surface area contributed by atoms with Gasteiger partial charge in [0, 0.05) is 25.2 Å². The van der Waals surface area contributed by atoms with E-state index >= 15 is 0 Å². The highest BCUT2D eigenvalue weighted by atomic mass is 19.1. The van der Waals surface area contributed by atoms with Crippen LogP contribution in [0.3, 0.4) is 0 Å². The minimum Gasteiger partial charge on any atom is -0.444 e. The molecule has 0 unspecified atom stereocenters. The van der Waals surface area contributed by atoms with E-state index in [0.717, 1.165) is 4.90 Å². The quantitative estimate of drug-likeness (QED) is 0.924. The van der Waals surface area contributed by atoms with Gasteiger partial charge in [-0.15, -0.1) is 0 Å². The van der Waals surface area contributed by atoms with E-state index in [9.17, 15) is 14.0 Å². The predicted octanol–water partition coefficient (Wildman–Crippen LogP) is 2.19. The number of anilines is 1. The number of nitrogens with zero attached hydrogens (tertiary/aromatic N) is 3. The Balaban J connectivity index is 2.05. The summed E-state index contributed by atoms with van der Waals surface area (Å²) in [6, 6.07) is 0.757. The number of amides is 2. The Labute approximate surface area is 134 Å². The van der Waals surface area contributed by atoms with Crippen LogP contribution in [0.5, 0.6) is 0 Å². The van der Waals surface area contributed by atoms with E-state index in [-0.39, 0.29) is 13.0 Å². The topological polar surface area (TPSA) is 76.5 Å². The zero-order valence-electron chi connectivity index (χ0n) is 13.9. The van der Waals surface area contributed by atoms with Gasteiger partial charge in [-0.25, -0.2) is 9.18 Å². The maximum Gasteiger partial charge on any atom is 0.411 e. The summed E-state index contributed by atoms with van der Waals surface area (Å²) in [7, 11) is 0. The van der Waals surface area contributed by atoms with Crippen LogP contribution in [0.15, 0.2) is 12.3 Å². The number of likely N-dealkylation sites (tertiary alicyclic amines) is 1. The molecule has 2 atom stereocenters. The molecule has 0 saturated carbocycles. The second kappa shape index (κ2) is 6.55. The normalized spacial score (nSPS) is 21.3. The van der Waals surface area contributed by atoms with Crippen LogP contribution in [0.25, 0.3) is 0 Å². The van der Waals surface area contributed by atoms with Crippen LogP contribution in [-0.2, 0) is 16.1 Å². The van der Waals surface area contributed by atoms with Crippen molar-refractivity contribution in [2.45, 2.75) is 58.5 Å². The molecule has 1 aromatic rings. The third-order valence-electron chi connectivity index (χ3n) is 3.40. The Morgan fingerprint density at radius 3 is 2.74 bits per heavy atom. The highest BCUT2D eigenvalue weighted by molar-refractivity contribution is 5.96. The summed E-state index contributed by atoms with van der Waals surface area (Å²) >= 11 is 0. The SMILES string of the molecule is CCn1ccc(NC(=O)[C@@H]2C[C@@H](F)CN2C(=O)OC(C)(C)C)n1. The Hall–Kier alpha value is -2.12. The summed E-state index contributed by atoms with van der Waals surface area (Å²) in [6.07, 6.45) is -0.240.